The quantitative estimate of drug-likeness (QED) is 0.602. The summed E-state index contributed by atoms with van der Waals surface area (Å²) >= 11 is 9.75. The highest BCUT2D eigenvalue weighted by molar-refractivity contribution is 6.13. The van der Waals surface area contributed by atoms with Crippen molar-refractivity contribution < 1.29 is 18.2 Å². The number of carbonyl (C=O) groups excluding carboxylic acids is 2. The molecule has 0 aromatic carbocycles. The van der Waals surface area contributed by atoms with Crippen LogP contribution in [-0.2, 0) is 18.2 Å². The van der Waals surface area contributed by atoms with Crippen LogP contribution in [0, 0.1) is 0 Å². The predicted octanol–water partition coefficient (Wildman–Crippen LogP) is 3.50. The standard InChI is InChI=1S/C10H16Cl2O4/c11-15-9(13)7-5-3-1-2-4-6-8-10(14)16-12/h1-8H2. The molecular weight excluding hydrogens is 255 g/mol. The lowest BCUT2D eigenvalue weighted by atomic mass is 10.1. The third kappa shape index (κ3) is 10.1. The van der Waals surface area contributed by atoms with Gasteiger partial charge in [-0.2, -0.15) is 0 Å². The van der Waals surface area contributed by atoms with E-state index in [4.69, 9.17) is 23.7 Å². The van der Waals surface area contributed by atoms with Crippen LogP contribution in [0.4, 0.5) is 0 Å². The fourth-order valence-electron chi connectivity index (χ4n) is 1.32. The summed E-state index contributed by atoms with van der Waals surface area (Å²) in [6.07, 6.45) is 6.30. The maximum Gasteiger partial charge on any atom is 0.324 e. The van der Waals surface area contributed by atoms with Gasteiger partial charge in [-0.05, 0) is 12.8 Å². The van der Waals surface area contributed by atoms with Crippen LogP contribution in [0.15, 0.2) is 0 Å². The number of halogens is 2. The molecule has 0 saturated carbocycles. The van der Waals surface area contributed by atoms with Gasteiger partial charge < -0.3 is 8.58 Å². The Labute approximate surface area is 106 Å². The minimum absolute atomic E-state index is 0.363. The van der Waals surface area contributed by atoms with Crippen molar-refractivity contribution in [3.63, 3.8) is 0 Å². The van der Waals surface area contributed by atoms with Crippen LogP contribution in [0.1, 0.15) is 51.4 Å². The Balaban J connectivity index is 3.10. The molecule has 0 radical (unpaired) electrons. The summed E-state index contributed by atoms with van der Waals surface area (Å²) in [6, 6.07) is 0. The predicted molar refractivity (Wildman–Crippen MR) is 60.8 cm³/mol. The maximum absolute atomic E-state index is 10.6. The minimum atomic E-state index is -0.383. The van der Waals surface area contributed by atoms with Gasteiger partial charge in [-0.3, -0.25) is 9.59 Å². The summed E-state index contributed by atoms with van der Waals surface area (Å²) in [7, 11) is 0. The van der Waals surface area contributed by atoms with E-state index in [2.05, 4.69) is 8.58 Å². The summed E-state index contributed by atoms with van der Waals surface area (Å²) < 4.78 is 8.01. The van der Waals surface area contributed by atoms with Gasteiger partial charge in [-0.15, -0.1) is 0 Å². The molecule has 16 heavy (non-hydrogen) atoms. The number of rotatable bonds is 9. The van der Waals surface area contributed by atoms with Crippen molar-refractivity contribution in [3.8, 4) is 0 Å². The lowest BCUT2D eigenvalue weighted by Crippen LogP contribution is -1.96. The first kappa shape index (κ1) is 15.5. The van der Waals surface area contributed by atoms with Crippen molar-refractivity contribution in [2.75, 3.05) is 0 Å². The van der Waals surface area contributed by atoms with Crippen molar-refractivity contribution in [3.05, 3.63) is 0 Å². The van der Waals surface area contributed by atoms with Crippen molar-refractivity contribution in [1.82, 2.24) is 0 Å². The van der Waals surface area contributed by atoms with Crippen LogP contribution in [0.5, 0.6) is 0 Å². The van der Waals surface area contributed by atoms with Crippen LogP contribution >= 0.6 is 23.7 Å². The zero-order valence-corrected chi connectivity index (χ0v) is 10.6. The molecule has 94 valence electrons. The molecule has 0 atom stereocenters. The molecule has 0 rings (SSSR count). The molecule has 0 bridgehead atoms. The van der Waals surface area contributed by atoms with Crippen molar-refractivity contribution >= 4 is 35.7 Å². The second-order valence-corrected chi connectivity index (χ2v) is 3.83. The first-order chi connectivity index (χ1) is 7.70. The van der Waals surface area contributed by atoms with Gasteiger partial charge in [0.15, 0.2) is 0 Å². The highest BCUT2D eigenvalue weighted by atomic mass is 35.5. The normalized spacial score (nSPS) is 9.88. The van der Waals surface area contributed by atoms with Crippen molar-refractivity contribution in [2.24, 2.45) is 0 Å². The SMILES string of the molecule is O=C(CCCCCCCCC(=O)OCl)OCl. The molecule has 0 spiro atoms. The zero-order valence-electron chi connectivity index (χ0n) is 9.05. The summed E-state index contributed by atoms with van der Waals surface area (Å²) in [6.45, 7) is 0. The monoisotopic (exact) mass is 270 g/mol. The fourth-order valence-corrected chi connectivity index (χ4v) is 1.48. The van der Waals surface area contributed by atoms with E-state index < -0.39 is 0 Å². The molecule has 0 aliphatic carbocycles. The van der Waals surface area contributed by atoms with Gasteiger partial charge in [0.05, 0.1) is 0 Å². The maximum atomic E-state index is 10.6. The fraction of sp³-hybridized carbons (Fsp3) is 0.800. The Morgan fingerprint density at radius 2 is 1.00 bits per heavy atom. The van der Waals surface area contributed by atoms with Crippen LogP contribution in [0.2, 0.25) is 0 Å². The number of hydrogen-bond acceptors (Lipinski definition) is 4. The van der Waals surface area contributed by atoms with Crippen LogP contribution < -0.4 is 0 Å². The summed E-state index contributed by atoms with van der Waals surface area (Å²) in [5.74, 6) is -0.766. The Bertz CT molecular complexity index is 187. The Hall–Kier alpha value is -0.480. The average molecular weight is 271 g/mol. The number of hydrogen-bond donors (Lipinski definition) is 0. The van der Waals surface area contributed by atoms with Crippen LogP contribution in [0.25, 0.3) is 0 Å². The highest BCUT2D eigenvalue weighted by Crippen LogP contribution is 2.09. The van der Waals surface area contributed by atoms with E-state index in [-0.39, 0.29) is 11.9 Å². The van der Waals surface area contributed by atoms with Gasteiger partial charge in [0.1, 0.15) is 23.7 Å². The van der Waals surface area contributed by atoms with Crippen LogP contribution in [0.3, 0.4) is 0 Å². The minimum Gasteiger partial charge on any atom is -0.348 e. The molecule has 0 aliphatic rings. The molecule has 0 aromatic rings. The molecule has 0 aliphatic heterocycles. The molecule has 0 N–H and O–H groups in total. The number of unbranched alkanes of at least 4 members (excludes halogenated alkanes) is 5. The van der Waals surface area contributed by atoms with E-state index in [1.165, 1.54) is 0 Å². The molecule has 4 nitrogen and oxygen atoms in total. The Kier molecular flexibility index (Phi) is 10.7. The third-order valence-electron chi connectivity index (χ3n) is 2.18. The molecule has 0 aromatic heterocycles. The average Bonchev–Trinajstić information content (AvgIpc) is 2.31. The van der Waals surface area contributed by atoms with Crippen LogP contribution in [-0.4, -0.2) is 11.9 Å². The lowest BCUT2D eigenvalue weighted by Gasteiger charge is -2.00. The first-order valence-electron chi connectivity index (χ1n) is 5.33. The Morgan fingerprint density at radius 1 is 0.688 bits per heavy atom. The van der Waals surface area contributed by atoms with Gasteiger partial charge in [0, 0.05) is 12.8 Å². The van der Waals surface area contributed by atoms with E-state index in [1.807, 2.05) is 0 Å². The third-order valence-corrected chi connectivity index (χ3v) is 2.53. The van der Waals surface area contributed by atoms with E-state index >= 15 is 0 Å². The van der Waals surface area contributed by atoms with Gasteiger partial charge >= 0.3 is 11.9 Å². The summed E-state index contributed by atoms with van der Waals surface area (Å²) in [5, 5.41) is 0. The molecule has 0 fully saturated rings. The smallest absolute Gasteiger partial charge is 0.324 e. The molecule has 6 heteroatoms. The van der Waals surface area contributed by atoms with Gasteiger partial charge in [0.25, 0.3) is 0 Å². The van der Waals surface area contributed by atoms with E-state index in [9.17, 15) is 9.59 Å². The lowest BCUT2D eigenvalue weighted by molar-refractivity contribution is -0.135. The second-order valence-electron chi connectivity index (χ2n) is 3.52. The molecule has 0 heterocycles. The highest BCUT2D eigenvalue weighted by Gasteiger charge is 2.02. The van der Waals surface area contributed by atoms with Gasteiger partial charge in [-0.25, -0.2) is 0 Å². The van der Waals surface area contributed by atoms with Gasteiger partial charge in [-0.1, -0.05) is 25.7 Å². The summed E-state index contributed by atoms with van der Waals surface area (Å²) in [4.78, 5) is 21.3. The van der Waals surface area contributed by atoms with E-state index in [0.29, 0.717) is 12.8 Å². The first-order valence-corrected chi connectivity index (χ1v) is 5.95. The Morgan fingerprint density at radius 3 is 1.31 bits per heavy atom. The number of carbonyl (C=O) groups is 2. The van der Waals surface area contributed by atoms with Gasteiger partial charge in [0.2, 0.25) is 0 Å². The van der Waals surface area contributed by atoms with Crippen molar-refractivity contribution in [1.29, 1.82) is 0 Å². The van der Waals surface area contributed by atoms with E-state index in [0.717, 1.165) is 38.5 Å². The van der Waals surface area contributed by atoms with E-state index in [1.54, 1.807) is 0 Å². The zero-order chi connectivity index (χ0) is 12.2. The largest absolute Gasteiger partial charge is 0.348 e. The summed E-state index contributed by atoms with van der Waals surface area (Å²) in [5.41, 5.74) is 0. The second kappa shape index (κ2) is 11.0. The molecular formula is C10H16Cl2O4. The molecule has 0 unspecified atom stereocenters. The molecule has 0 saturated heterocycles. The molecule has 0 amide bonds. The van der Waals surface area contributed by atoms with Crippen molar-refractivity contribution in [2.45, 2.75) is 51.4 Å². The topological polar surface area (TPSA) is 52.6 Å².